The van der Waals surface area contributed by atoms with Gasteiger partial charge in [-0.1, -0.05) is 23.4 Å². The van der Waals surface area contributed by atoms with Crippen molar-refractivity contribution in [1.82, 2.24) is 15.1 Å². The van der Waals surface area contributed by atoms with Crippen molar-refractivity contribution in [2.24, 2.45) is 0 Å². The van der Waals surface area contributed by atoms with Gasteiger partial charge in [-0.05, 0) is 41.5 Å². The summed E-state index contributed by atoms with van der Waals surface area (Å²) in [5.41, 5.74) is 14.7. The summed E-state index contributed by atoms with van der Waals surface area (Å²) in [6, 6.07) is 16.1. The molecular formula is C20H17N5O2. The highest BCUT2D eigenvalue weighted by Gasteiger charge is 2.22. The molecule has 0 saturated heterocycles. The normalized spacial score (nSPS) is 12.0. The Bertz CT molecular complexity index is 1080. The first-order valence-corrected chi connectivity index (χ1v) is 8.29. The van der Waals surface area contributed by atoms with Crippen LogP contribution in [-0.4, -0.2) is 20.2 Å². The molecule has 27 heavy (non-hydrogen) atoms. The number of aromatic hydroxyl groups is 1. The summed E-state index contributed by atoms with van der Waals surface area (Å²) in [7, 11) is 0. The predicted octanol–water partition coefficient (Wildman–Crippen LogP) is 3.18. The Morgan fingerprint density at radius 2 is 1.81 bits per heavy atom. The maximum Gasteiger partial charge on any atom is 0.170 e. The first kappa shape index (κ1) is 16.6. The minimum Gasteiger partial charge on any atom is -0.508 e. The molecule has 0 aliphatic carbocycles. The van der Waals surface area contributed by atoms with Gasteiger partial charge >= 0.3 is 0 Å². The fourth-order valence-corrected chi connectivity index (χ4v) is 3.04. The van der Waals surface area contributed by atoms with Gasteiger partial charge < -0.3 is 21.1 Å². The number of nitrogens with zero attached hydrogens (tertiary/aromatic N) is 3. The second-order valence-corrected chi connectivity index (χ2v) is 6.10. The Balaban J connectivity index is 1.81. The van der Waals surface area contributed by atoms with E-state index in [0.29, 0.717) is 22.8 Å². The van der Waals surface area contributed by atoms with E-state index in [1.807, 2.05) is 24.3 Å². The maximum absolute atomic E-state index is 9.91. The molecule has 0 radical (unpaired) electrons. The van der Waals surface area contributed by atoms with Crippen molar-refractivity contribution in [2.75, 3.05) is 11.5 Å². The quantitative estimate of drug-likeness (QED) is 0.511. The third-order valence-electron chi connectivity index (χ3n) is 4.26. The fraction of sp³-hybridized carbons (Fsp3) is 0.0500. The standard InChI is InChI=1S/C20H17N5O2/c21-18-7-6-15(20(22)24-18)17-10-16(25-27-17)19(13-4-2-8-23-11-13)12-3-1-5-14(26)9-12/h1-11,19,26H,(H4,21,22,24). The minimum atomic E-state index is -0.258. The lowest BCUT2D eigenvalue weighted by molar-refractivity contribution is 0.422. The number of nitrogens with two attached hydrogens (primary N) is 2. The summed E-state index contributed by atoms with van der Waals surface area (Å²) in [6.07, 6.45) is 3.47. The van der Waals surface area contributed by atoms with E-state index in [2.05, 4.69) is 15.1 Å². The molecule has 4 aromatic rings. The lowest BCUT2D eigenvalue weighted by Gasteiger charge is -2.15. The molecule has 1 atom stereocenters. The molecule has 0 aliphatic rings. The van der Waals surface area contributed by atoms with E-state index < -0.39 is 0 Å². The molecule has 0 bridgehead atoms. The fourth-order valence-electron chi connectivity index (χ4n) is 3.04. The van der Waals surface area contributed by atoms with Gasteiger partial charge in [-0.15, -0.1) is 0 Å². The van der Waals surface area contributed by atoms with Crippen molar-refractivity contribution in [1.29, 1.82) is 0 Å². The number of hydrogen-bond acceptors (Lipinski definition) is 7. The van der Waals surface area contributed by atoms with E-state index in [4.69, 9.17) is 16.0 Å². The van der Waals surface area contributed by atoms with Gasteiger partial charge in [-0.3, -0.25) is 4.98 Å². The lowest BCUT2D eigenvalue weighted by Crippen LogP contribution is -2.04. The van der Waals surface area contributed by atoms with Gasteiger partial charge in [0.25, 0.3) is 0 Å². The van der Waals surface area contributed by atoms with Crippen molar-refractivity contribution < 1.29 is 9.63 Å². The van der Waals surface area contributed by atoms with E-state index in [0.717, 1.165) is 11.1 Å². The van der Waals surface area contributed by atoms with E-state index in [9.17, 15) is 5.11 Å². The smallest absolute Gasteiger partial charge is 0.170 e. The van der Waals surface area contributed by atoms with Gasteiger partial charge in [0, 0.05) is 18.5 Å². The number of aromatic nitrogens is 3. The highest BCUT2D eigenvalue weighted by atomic mass is 16.5. The van der Waals surface area contributed by atoms with E-state index in [1.54, 1.807) is 42.7 Å². The van der Waals surface area contributed by atoms with Crippen molar-refractivity contribution in [3.05, 3.63) is 83.8 Å². The van der Waals surface area contributed by atoms with E-state index in [-0.39, 0.29) is 17.5 Å². The number of benzene rings is 1. The Morgan fingerprint density at radius 1 is 0.963 bits per heavy atom. The molecule has 0 saturated carbocycles. The van der Waals surface area contributed by atoms with Crippen LogP contribution in [0.15, 0.2) is 71.5 Å². The van der Waals surface area contributed by atoms with Gasteiger partial charge in [0.15, 0.2) is 5.76 Å². The molecule has 1 unspecified atom stereocenters. The highest BCUT2D eigenvalue weighted by molar-refractivity contribution is 5.71. The number of phenolic OH excluding ortho intramolecular Hbond substituents is 1. The number of hydrogen-bond donors (Lipinski definition) is 3. The van der Waals surface area contributed by atoms with Gasteiger partial charge in [0.2, 0.25) is 0 Å². The van der Waals surface area contributed by atoms with Crippen LogP contribution in [0.2, 0.25) is 0 Å². The van der Waals surface area contributed by atoms with Crippen LogP contribution in [0.1, 0.15) is 22.7 Å². The number of phenols is 1. The van der Waals surface area contributed by atoms with E-state index >= 15 is 0 Å². The second-order valence-electron chi connectivity index (χ2n) is 6.10. The summed E-state index contributed by atoms with van der Waals surface area (Å²) < 4.78 is 5.53. The van der Waals surface area contributed by atoms with Crippen molar-refractivity contribution >= 4 is 11.6 Å². The molecule has 7 nitrogen and oxygen atoms in total. The third-order valence-corrected chi connectivity index (χ3v) is 4.26. The average Bonchev–Trinajstić information content (AvgIpc) is 3.12. The van der Waals surface area contributed by atoms with Crippen LogP contribution in [-0.2, 0) is 0 Å². The predicted molar refractivity (Wildman–Crippen MR) is 102 cm³/mol. The summed E-state index contributed by atoms with van der Waals surface area (Å²) in [5, 5.41) is 14.1. The molecule has 4 rings (SSSR count). The SMILES string of the molecule is Nc1ccc(-c2cc(C(c3cccnc3)c3cccc(O)c3)no2)c(N)n1. The number of pyridine rings is 2. The summed E-state index contributed by atoms with van der Waals surface area (Å²) in [5.74, 6) is 1.02. The molecule has 0 amide bonds. The summed E-state index contributed by atoms with van der Waals surface area (Å²) >= 11 is 0. The van der Waals surface area contributed by atoms with Crippen molar-refractivity contribution in [3.63, 3.8) is 0 Å². The average molecular weight is 359 g/mol. The van der Waals surface area contributed by atoms with E-state index in [1.165, 1.54) is 0 Å². The Hall–Kier alpha value is -3.87. The van der Waals surface area contributed by atoms with Crippen LogP contribution in [0.25, 0.3) is 11.3 Å². The molecule has 3 heterocycles. The molecule has 7 heteroatoms. The zero-order valence-electron chi connectivity index (χ0n) is 14.3. The Kier molecular flexibility index (Phi) is 4.18. The van der Waals surface area contributed by atoms with Crippen molar-refractivity contribution in [3.8, 4) is 17.1 Å². The highest BCUT2D eigenvalue weighted by Crippen LogP contribution is 2.35. The first-order valence-electron chi connectivity index (χ1n) is 8.29. The maximum atomic E-state index is 9.91. The molecule has 0 fully saturated rings. The molecular weight excluding hydrogens is 342 g/mol. The van der Waals surface area contributed by atoms with Crippen LogP contribution in [0.5, 0.6) is 5.75 Å². The molecule has 0 aliphatic heterocycles. The van der Waals surface area contributed by atoms with Gasteiger partial charge in [0.05, 0.1) is 17.2 Å². The minimum absolute atomic E-state index is 0.178. The van der Waals surface area contributed by atoms with Crippen LogP contribution >= 0.6 is 0 Å². The molecule has 134 valence electrons. The molecule has 0 spiro atoms. The van der Waals surface area contributed by atoms with Gasteiger partial charge in [0.1, 0.15) is 17.4 Å². The second kappa shape index (κ2) is 6.80. The molecule has 3 aromatic heterocycles. The molecule has 1 aromatic carbocycles. The summed E-state index contributed by atoms with van der Waals surface area (Å²) in [4.78, 5) is 8.26. The van der Waals surface area contributed by atoms with Crippen molar-refractivity contribution in [2.45, 2.75) is 5.92 Å². The van der Waals surface area contributed by atoms with Crippen LogP contribution in [0.3, 0.4) is 0 Å². The molecule has 5 N–H and O–H groups in total. The largest absolute Gasteiger partial charge is 0.508 e. The summed E-state index contributed by atoms with van der Waals surface area (Å²) in [6.45, 7) is 0. The van der Waals surface area contributed by atoms with Crippen LogP contribution < -0.4 is 11.5 Å². The van der Waals surface area contributed by atoms with Crippen LogP contribution in [0.4, 0.5) is 11.6 Å². The van der Waals surface area contributed by atoms with Gasteiger partial charge in [-0.2, -0.15) is 0 Å². The zero-order chi connectivity index (χ0) is 18.8. The third kappa shape index (κ3) is 3.30. The first-order chi connectivity index (χ1) is 13.1. The lowest BCUT2D eigenvalue weighted by atomic mass is 9.89. The Labute approximate surface area is 155 Å². The monoisotopic (exact) mass is 359 g/mol. The number of rotatable bonds is 4. The number of nitrogen functional groups attached to an aromatic ring is 2. The topological polar surface area (TPSA) is 124 Å². The zero-order valence-corrected chi connectivity index (χ0v) is 14.3. The van der Waals surface area contributed by atoms with Crippen LogP contribution in [0, 0.1) is 0 Å². The Morgan fingerprint density at radius 3 is 2.56 bits per heavy atom. The van der Waals surface area contributed by atoms with Gasteiger partial charge in [-0.25, -0.2) is 4.98 Å². The number of anilines is 2.